The van der Waals surface area contributed by atoms with Crippen LogP contribution in [0, 0.1) is 0 Å². The van der Waals surface area contributed by atoms with Crippen molar-refractivity contribution in [3.63, 3.8) is 0 Å². The van der Waals surface area contributed by atoms with E-state index in [-0.39, 0.29) is 18.1 Å². The third-order valence-corrected chi connectivity index (χ3v) is 4.19. The second-order valence-corrected chi connectivity index (χ2v) is 6.35. The van der Waals surface area contributed by atoms with E-state index in [4.69, 9.17) is 5.11 Å². The van der Waals surface area contributed by atoms with Crippen molar-refractivity contribution in [1.29, 1.82) is 0 Å². The quantitative estimate of drug-likeness (QED) is 0.831. The van der Waals surface area contributed by atoms with Gasteiger partial charge in [-0.05, 0) is 24.0 Å². The largest absolute Gasteiger partial charge is 0.395 e. The molecule has 3 heteroatoms. The molecular weight excluding hydrogens is 218 g/mol. The lowest BCUT2D eigenvalue weighted by Crippen LogP contribution is -2.30. The highest BCUT2D eigenvalue weighted by Gasteiger charge is 2.16. The number of hydrogen-bond donors (Lipinski definition) is 2. The standard InChI is InChI=1S/C13H23NOS/c1-5-10(9-15)14-8-11-6-7-12(16-11)13(2,3)4/h6-7,10,14-15H,5,8-9H2,1-4H3. The Balaban J connectivity index is 2.53. The average Bonchev–Trinajstić information content (AvgIpc) is 2.67. The first kappa shape index (κ1) is 13.7. The fraction of sp³-hybridized carbons (Fsp3) is 0.692. The molecule has 0 aliphatic heterocycles. The van der Waals surface area contributed by atoms with E-state index in [0.717, 1.165) is 13.0 Å². The normalized spacial score (nSPS) is 14.1. The Kier molecular flexibility index (Phi) is 4.96. The van der Waals surface area contributed by atoms with Crippen LogP contribution in [-0.4, -0.2) is 17.8 Å². The van der Waals surface area contributed by atoms with E-state index in [1.807, 2.05) is 11.3 Å². The maximum Gasteiger partial charge on any atom is 0.0584 e. The van der Waals surface area contributed by atoms with E-state index in [9.17, 15) is 0 Å². The van der Waals surface area contributed by atoms with Gasteiger partial charge in [0.2, 0.25) is 0 Å². The maximum atomic E-state index is 9.08. The topological polar surface area (TPSA) is 32.3 Å². The van der Waals surface area contributed by atoms with Crippen molar-refractivity contribution in [2.75, 3.05) is 6.61 Å². The molecule has 92 valence electrons. The minimum absolute atomic E-state index is 0.216. The van der Waals surface area contributed by atoms with Crippen LogP contribution in [0.2, 0.25) is 0 Å². The highest BCUT2D eigenvalue weighted by molar-refractivity contribution is 7.12. The Labute approximate surface area is 103 Å². The highest BCUT2D eigenvalue weighted by Crippen LogP contribution is 2.29. The summed E-state index contributed by atoms with van der Waals surface area (Å²) in [6.45, 7) is 9.87. The van der Waals surface area contributed by atoms with Gasteiger partial charge in [-0.2, -0.15) is 0 Å². The SMILES string of the molecule is CCC(CO)NCc1ccc(C(C)(C)C)s1. The molecule has 1 atom stereocenters. The summed E-state index contributed by atoms with van der Waals surface area (Å²) in [6, 6.07) is 4.62. The van der Waals surface area contributed by atoms with Gasteiger partial charge in [0, 0.05) is 22.3 Å². The fourth-order valence-electron chi connectivity index (χ4n) is 1.46. The van der Waals surface area contributed by atoms with Crippen LogP contribution in [0.5, 0.6) is 0 Å². The molecule has 0 aliphatic carbocycles. The number of nitrogens with one attached hydrogen (secondary N) is 1. The van der Waals surface area contributed by atoms with Crippen LogP contribution in [0.1, 0.15) is 43.9 Å². The van der Waals surface area contributed by atoms with Crippen LogP contribution in [0.3, 0.4) is 0 Å². The summed E-state index contributed by atoms with van der Waals surface area (Å²) in [6.07, 6.45) is 0.966. The Morgan fingerprint density at radius 3 is 2.50 bits per heavy atom. The van der Waals surface area contributed by atoms with Gasteiger partial charge in [-0.3, -0.25) is 0 Å². The molecule has 0 fully saturated rings. The maximum absolute atomic E-state index is 9.08. The van der Waals surface area contributed by atoms with Crippen molar-refractivity contribution in [3.05, 3.63) is 21.9 Å². The van der Waals surface area contributed by atoms with E-state index in [1.165, 1.54) is 9.75 Å². The first-order valence-electron chi connectivity index (χ1n) is 5.90. The van der Waals surface area contributed by atoms with Crippen LogP contribution in [0.15, 0.2) is 12.1 Å². The van der Waals surface area contributed by atoms with Crippen LogP contribution in [0.25, 0.3) is 0 Å². The van der Waals surface area contributed by atoms with Gasteiger partial charge in [0.15, 0.2) is 0 Å². The summed E-state index contributed by atoms with van der Waals surface area (Å²) in [4.78, 5) is 2.76. The Hall–Kier alpha value is -0.380. The van der Waals surface area contributed by atoms with E-state index in [2.05, 4.69) is 45.1 Å². The summed E-state index contributed by atoms with van der Waals surface area (Å²) in [5.41, 5.74) is 0.240. The molecule has 2 nitrogen and oxygen atoms in total. The molecule has 2 N–H and O–H groups in total. The van der Waals surface area contributed by atoms with Gasteiger partial charge in [-0.1, -0.05) is 27.7 Å². The molecule has 0 aliphatic rings. The zero-order chi connectivity index (χ0) is 12.2. The third-order valence-electron chi connectivity index (χ3n) is 2.68. The van der Waals surface area contributed by atoms with Crippen LogP contribution < -0.4 is 5.32 Å². The second kappa shape index (κ2) is 5.80. The van der Waals surface area contributed by atoms with Gasteiger partial charge in [0.1, 0.15) is 0 Å². The lowest BCUT2D eigenvalue weighted by atomic mass is 9.95. The van der Waals surface area contributed by atoms with Crippen LogP contribution >= 0.6 is 11.3 Å². The molecule has 1 rings (SSSR count). The third kappa shape index (κ3) is 3.89. The average molecular weight is 241 g/mol. The summed E-state index contributed by atoms with van der Waals surface area (Å²) in [7, 11) is 0. The molecule has 1 aromatic heterocycles. The number of aliphatic hydroxyl groups is 1. The highest BCUT2D eigenvalue weighted by atomic mass is 32.1. The van der Waals surface area contributed by atoms with Crippen molar-refractivity contribution >= 4 is 11.3 Å². The van der Waals surface area contributed by atoms with Gasteiger partial charge < -0.3 is 10.4 Å². The summed E-state index contributed by atoms with van der Waals surface area (Å²) >= 11 is 1.86. The van der Waals surface area contributed by atoms with E-state index < -0.39 is 0 Å². The smallest absolute Gasteiger partial charge is 0.0584 e. The molecule has 1 heterocycles. The van der Waals surface area contributed by atoms with Gasteiger partial charge in [-0.25, -0.2) is 0 Å². The molecule has 0 saturated carbocycles. The lowest BCUT2D eigenvalue weighted by molar-refractivity contribution is 0.238. The van der Waals surface area contributed by atoms with Crippen molar-refractivity contribution in [3.8, 4) is 0 Å². The molecule has 16 heavy (non-hydrogen) atoms. The minimum atomic E-state index is 0.216. The van der Waals surface area contributed by atoms with Crippen LogP contribution in [0.4, 0.5) is 0 Å². The molecule has 0 spiro atoms. The summed E-state index contributed by atoms with van der Waals surface area (Å²) < 4.78 is 0. The zero-order valence-corrected chi connectivity index (χ0v) is 11.5. The van der Waals surface area contributed by atoms with E-state index in [0.29, 0.717) is 0 Å². The predicted molar refractivity (Wildman–Crippen MR) is 71.0 cm³/mol. The number of aliphatic hydroxyl groups excluding tert-OH is 1. The number of hydrogen-bond acceptors (Lipinski definition) is 3. The zero-order valence-electron chi connectivity index (χ0n) is 10.7. The van der Waals surface area contributed by atoms with E-state index >= 15 is 0 Å². The monoisotopic (exact) mass is 241 g/mol. The van der Waals surface area contributed by atoms with Crippen molar-refractivity contribution in [2.45, 2.75) is 52.1 Å². The summed E-state index contributed by atoms with van der Waals surface area (Å²) in [5, 5.41) is 12.4. The van der Waals surface area contributed by atoms with Gasteiger partial charge in [-0.15, -0.1) is 11.3 Å². The Morgan fingerprint density at radius 1 is 1.38 bits per heavy atom. The predicted octanol–water partition coefficient (Wildman–Crippen LogP) is 2.91. The first-order valence-corrected chi connectivity index (χ1v) is 6.72. The van der Waals surface area contributed by atoms with Gasteiger partial charge in [0.05, 0.1) is 6.61 Å². The van der Waals surface area contributed by atoms with Crippen LogP contribution in [-0.2, 0) is 12.0 Å². The molecular formula is C13H23NOS. The van der Waals surface area contributed by atoms with E-state index in [1.54, 1.807) is 0 Å². The van der Waals surface area contributed by atoms with Gasteiger partial charge >= 0.3 is 0 Å². The van der Waals surface area contributed by atoms with Crippen molar-refractivity contribution < 1.29 is 5.11 Å². The molecule has 0 aromatic carbocycles. The second-order valence-electron chi connectivity index (χ2n) is 5.18. The van der Waals surface area contributed by atoms with Crippen molar-refractivity contribution in [1.82, 2.24) is 5.32 Å². The molecule has 0 bridgehead atoms. The molecule has 0 saturated heterocycles. The molecule has 1 aromatic rings. The number of thiophene rings is 1. The molecule has 0 radical (unpaired) electrons. The number of rotatable bonds is 5. The summed E-state index contributed by atoms with van der Waals surface area (Å²) in [5.74, 6) is 0. The minimum Gasteiger partial charge on any atom is -0.395 e. The fourth-order valence-corrected chi connectivity index (χ4v) is 2.48. The lowest BCUT2D eigenvalue weighted by Gasteiger charge is -2.15. The van der Waals surface area contributed by atoms with Crippen molar-refractivity contribution in [2.24, 2.45) is 0 Å². The Morgan fingerprint density at radius 2 is 2.06 bits per heavy atom. The molecule has 1 unspecified atom stereocenters. The molecule has 0 amide bonds. The van der Waals surface area contributed by atoms with Gasteiger partial charge in [0.25, 0.3) is 0 Å². The first-order chi connectivity index (χ1) is 7.47. The Bertz CT molecular complexity index is 310.